The average molecular weight is 413 g/mol. The number of carbonyl (C=O) groups is 1. The first kappa shape index (κ1) is 20.4. The lowest BCUT2D eigenvalue weighted by Gasteiger charge is -2.11. The summed E-state index contributed by atoms with van der Waals surface area (Å²) in [6.07, 6.45) is 1.50. The molecular formula is C22H18ClFN2O3. The molecule has 3 aromatic carbocycles. The van der Waals surface area contributed by atoms with Crippen LogP contribution in [0.4, 0.5) is 4.39 Å². The van der Waals surface area contributed by atoms with E-state index in [0.717, 1.165) is 5.56 Å². The number of carbonyl (C=O) groups excluding carboxylic acids is 1. The molecule has 0 aliphatic heterocycles. The fourth-order valence-corrected chi connectivity index (χ4v) is 2.58. The summed E-state index contributed by atoms with van der Waals surface area (Å²) in [7, 11) is 1.53. The van der Waals surface area contributed by atoms with E-state index < -0.39 is 0 Å². The van der Waals surface area contributed by atoms with Crippen molar-refractivity contribution in [3.8, 4) is 11.5 Å². The topological polar surface area (TPSA) is 59.9 Å². The van der Waals surface area contributed by atoms with E-state index in [1.165, 1.54) is 25.5 Å². The summed E-state index contributed by atoms with van der Waals surface area (Å²) in [4.78, 5) is 12.0. The van der Waals surface area contributed by atoms with Gasteiger partial charge in [0.05, 0.1) is 13.3 Å². The molecule has 0 atom stereocenters. The highest BCUT2D eigenvalue weighted by Crippen LogP contribution is 2.28. The third kappa shape index (κ3) is 5.80. The van der Waals surface area contributed by atoms with Crippen LogP contribution in [0.5, 0.6) is 11.5 Å². The van der Waals surface area contributed by atoms with Crippen molar-refractivity contribution in [3.05, 3.63) is 94.3 Å². The van der Waals surface area contributed by atoms with Crippen molar-refractivity contribution in [1.82, 2.24) is 5.43 Å². The standard InChI is InChI=1S/C22H18ClFN2O3/c1-28-21-12-16(13-25-26-22(27)17-5-7-18(23)8-6-17)4-11-20(21)29-14-15-2-9-19(24)10-3-15/h2-13H,14H2,1H3,(H,26,27)/b25-13+. The first-order valence-electron chi connectivity index (χ1n) is 8.69. The first-order chi connectivity index (χ1) is 14.0. The van der Waals surface area contributed by atoms with Crippen molar-refractivity contribution >= 4 is 23.7 Å². The number of hydrogen-bond donors (Lipinski definition) is 1. The molecule has 148 valence electrons. The summed E-state index contributed by atoms with van der Waals surface area (Å²) < 4.78 is 24.1. The van der Waals surface area contributed by atoms with Gasteiger partial charge in [0.2, 0.25) is 0 Å². The molecule has 0 aromatic heterocycles. The van der Waals surface area contributed by atoms with Crippen molar-refractivity contribution in [1.29, 1.82) is 0 Å². The third-order valence-electron chi connectivity index (χ3n) is 3.98. The Morgan fingerprint density at radius 3 is 2.48 bits per heavy atom. The normalized spacial score (nSPS) is 10.7. The number of hydrogen-bond acceptors (Lipinski definition) is 4. The van der Waals surface area contributed by atoms with Crippen LogP contribution in [0, 0.1) is 5.82 Å². The fourth-order valence-electron chi connectivity index (χ4n) is 2.46. The lowest BCUT2D eigenvalue weighted by molar-refractivity contribution is 0.0955. The summed E-state index contributed by atoms with van der Waals surface area (Å²) >= 11 is 5.81. The highest BCUT2D eigenvalue weighted by atomic mass is 35.5. The summed E-state index contributed by atoms with van der Waals surface area (Å²) in [6.45, 7) is 0.279. The van der Waals surface area contributed by atoms with Gasteiger partial charge < -0.3 is 9.47 Å². The molecule has 0 radical (unpaired) electrons. The Bertz CT molecular complexity index is 1010. The maximum absolute atomic E-state index is 13.0. The predicted octanol–water partition coefficient (Wildman–Crippen LogP) is 4.83. The van der Waals surface area contributed by atoms with Crippen LogP contribution in [0.1, 0.15) is 21.5 Å². The van der Waals surface area contributed by atoms with E-state index in [4.69, 9.17) is 21.1 Å². The average Bonchev–Trinajstić information content (AvgIpc) is 2.74. The zero-order valence-electron chi connectivity index (χ0n) is 15.6. The lowest BCUT2D eigenvalue weighted by Crippen LogP contribution is -2.17. The molecular weight excluding hydrogens is 395 g/mol. The number of nitrogens with zero attached hydrogens (tertiary/aromatic N) is 1. The van der Waals surface area contributed by atoms with Gasteiger partial charge >= 0.3 is 0 Å². The molecule has 1 N–H and O–H groups in total. The molecule has 0 heterocycles. The Hall–Kier alpha value is -3.38. The number of halogens is 2. The van der Waals surface area contributed by atoms with E-state index in [0.29, 0.717) is 27.6 Å². The molecule has 29 heavy (non-hydrogen) atoms. The van der Waals surface area contributed by atoms with Crippen molar-refractivity contribution in [3.63, 3.8) is 0 Å². The number of rotatable bonds is 7. The van der Waals surface area contributed by atoms with Gasteiger partial charge in [-0.15, -0.1) is 0 Å². The molecule has 0 aliphatic rings. The van der Waals surface area contributed by atoms with E-state index in [1.54, 1.807) is 54.6 Å². The Labute approximate surface area is 172 Å². The largest absolute Gasteiger partial charge is 0.493 e. The lowest BCUT2D eigenvalue weighted by atomic mass is 10.2. The van der Waals surface area contributed by atoms with Gasteiger partial charge in [0.25, 0.3) is 5.91 Å². The van der Waals surface area contributed by atoms with E-state index >= 15 is 0 Å². The van der Waals surface area contributed by atoms with Gasteiger partial charge in [-0.25, -0.2) is 9.82 Å². The minimum Gasteiger partial charge on any atom is -0.493 e. The first-order valence-corrected chi connectivity index (χ1v) is 9.07. The van der Waals surface area contributed by atoms with Crippen LogP contribution >= 0.6 is 11.6 Å². The summed E-state index contributed by atoms with van der Waals surface area (Å²) in [6, 6.07) is 17.8. The highest BCUT2D eigenvalue weighted by Gasteiger charge is 2.07. The Morgan fingerprint density at radius 1 is 1.07 bits per heavy atom. The maximum Gasteiger partial charge on any atom is 0.271 e. The Morgan fingerprint density at radius 2 is 1.79 bits per heavy atom. The van der Waals surface area contributed by atoms with Gasteiger partial charge in [0.1, 0.15) is 12.4 Å². The van der Waals surface area contributed by atoms with Crippen molar-refractivity contribution in [2.75, 3.05) is 7.11 Å². The van der Waals surface area contributed by atoms with Crippen molar-refractivity contribution < 1.29 is 18.7 Å². The highest BCUT2D eigenvalue weighted by molar-refractivity contribution is 6.30. The molecule has 0 spiro atoms. The number of hydrazone groups is 1. The van der Waals surface area contributed by atoms with Crippen LogP contribution in [-0.4, -0.2) is 19.2 Å². The van der Waals surface area contributed by atoms with Crippen LogP contribution < -0.4 is 14.9 Å². The van der Waals surface area contributed by atoms with Crippen molar-refractivity contribution in [2.24, 2.45) is 5.10 Å². The zero-order chi connectivity index (χ0) is 20.6. The fraction of sp³-hybridized carbons (Fsp3) is 0.0909. The smallest absolute Gasteiger partial charge is 0.271 e. The molecule has 1 amide bonds. The molecule has 5 nitrogen and oxygen atoms in total. The zero-order valence-corrected chi connectivity index (χ0v) is 16.3. The van der Waals surface area contributed by atoms with Crippen LogP contribution in [0.2, 0.25) is 5.02 Å². The van der Waals surface area contributed by atoms with Crippen LogP contribution in [-0.2, 0) is 6.61 Å². The number of ether oxygens (including phenoxy) is 2. The number of amides is 1. The van der Waals surface area contributed by atoms with Crippen LogP contribution in [0.3, 0.4) is 0 Å². The summed E-state index contributed by atoms with van der Waals surface area (Å²) in [5.74, 6) is 0.418. The second kappa shape index (κ2) is 9.71. The SMILES string of the molecule is COc1cc(/C=N/NC(=O)c2ccc(Cl)cc2)ccc1OCc1ccc(F)cc1. The summed E-state index contributed by atoms with van der Waals surface area (Å²) in [5, 5.41) is 4.51. The van der Waals surface area contributed by atoms with E-state index in [9.17, 15) is 9.18 Å². The molecule has 0 unspecified atom stereocenters. The molecule has 7 heteroatoms. The van der Waals surface area contributed by atoms with Crippen molar-refractivity contribution in [2.45, 2.75) is 6.61 Å². The number of methoxy groups -OCH3 is 1. The van der Waals surface area contributed by atoms with E-state index in [1.807, 2.05) is 0 Å². The summed E-state index contributed by atoms with van der Waals surface area (Å²) in [5.41, 5.74) is 4.46. The van der Waals surface area contributed by atoms with Gasteiger partial charge in [0.15, 0.2) is 11.5 Å². The van der Waals surface area contributed by atoms with E-state index in [2.05, 4.69) is 10.5 Å². The minimum atomic E-state index is -0.343. The molecule has 0 bridgehead atoms. The van der Waals surface area contributed by atoms with Crippen LogP contribution in [0.25, 0.3) is 0 Å². The second-order valence-corrected chi connectivity index (χ2v) is 6.47. The monoisotopic (exact) mass is 412 g/mol. The van der Waals surface area contributed by atoms with Crippen LogP contribution in [0.15, 0.2) is 71.8 Å². The Kier molecular flexibility index (Phi) is 6.81. The van der Waals surface area contributed by atoms with Gasteiger partial charge in [-0.3, -0.25) is 4.79 Å². The molecule has 0 aliphatic carbocycles. The molecule has 3 rings (SSSR count). The molecule has 0 fully saturated rings. The van der Waals surface area contributed by atoms with Gasteiger partial charge in [-0.05, 0) is 65.7 Å². The number of nitrogens with one attached hydrogen (secondary N) is 1. The second-order valence-electron chi connectivity index (χ2n) is 6.03. The van der Waals surface area contributed by atoms with E-state index in [-0.39, 0.29) is 18.3 Å². The number of benzene rings is 3. The third-order valence-corrected chi connectivity index (χ3v) is 4.23. The van der Waals surface area contributed by atoms with Gasteiger partial charge in [0, 0.05) is 10.6 Å². The molecule has 0 saturated heterocycles. The van der Waals surface area contributed by atoms with Gasteiger partial charge in [-0.2, -0.15) is 5.10 Å². The maximum atomic E-state index is 13.0. The Balaban J connectivity index is 1.61. The molecule has 3 aromatic rings. The molecule has 0 saturated carbocycles. The quantitative estimate of drug-likeness (QED) is 0.446. The minimum absolute atomic E-state index is 0.279. The van der Waals surface area contributed by atoms with Gasteiger partial charge in [-0.1, -0.05) is 23.7 Å². The predicted molar refractivity (Wildman–Crippen MR) is 110 cm³/mol.